The van der Waals surface area contributed by atoms with Crippen LogP contribution >= 0.6 is 11.8 Å². The molecule has 0 saturated carbocycles. The molecule has 104 valence electrons. The van der Waals surface area contributed by atoms with E-state index in [0.717, 1.165) is 32.4 Å². The Morgan fingerprint density at radius 2 is 2.28 bits per heavy atom. The molecule has 4 heteroatoms. The molecule has 0 spiro atoms. The first-order valence-electron chi connectivity index (χ1n) is 7.18. The molecule has 0 radical (unpaired) electrons. The van der Waals surface area contributed by atoms with Gasteiger partial charge in [-0.05, 0) is 44.4 Å². The van der Waals surface area contributed by atoms with E-state index >= 15 is 0 Å². The summed E-state index contributed by atoms with van der Waals surface area (Å²) in [6, 6.07) is 0.592. The van der Waals surface area contributed by atoms with E-state index in [0.29, 0.717) is 11.3 Å². The number of nitrogens with zero attached hydrogens (tertiary/aromatic N) is 1. The Morgan fingerprint density at radius 1 is 1.50 bits per heavy atom. The zero-order chi connectivity index (χ0) is 13.2. The maximum Gasteiger partial charge on any atom is 0.310 e. The molecule has 2 rings (SSSR count). The summed E-state index contributed by atoms with van der Waals surface area (Å²) in [6.07, 6.45) is 5.17. The normalized spacial score (nSPS) is 38.6. The van der Waals surface area contributed by atoms with Crippen LogP contribution in [-0.4, -0.2) is 46.1 Å². The van der Waals surface area contributed by atoms with Crippen LogP contribution in [0.2, 0.25) is 0 Å². The van der Waals surface area contributed by atoms with E-state index in [1.165, 1.54) is 18.6 Å². The third kappa shape index (κ3) is 2.69. The number of piperidine rings is 1. The second kappa shape index (κ2) is 5.83. The second-order valence-electron chi connectivity index (χ2n) is 5.80. The molecular weight excluding hydrogens is 246 g/mol. The summed E-state index contributed by atoms with van der Waals surface area (Å²) in [7, 11) is 0. The molecule has 1 N–H and O–H groups in total. The number of thioether (sulfide) groups is 1. The maximum atomic E-state index is 11.6. The summed E-state index contributed by atoms with van der Waals surface area (Å²) in [4.78, 5) is 14.1. The quantitative estimate of drug-likeness (QED) is 0.857. The van der Waals surface area contributed by atoms with Crippen LogP contribution in [0.4, 0.5) is 0 Å². The summed E-state index contributed by atoms with van der Waals surface area (Å²) < 4.78 is 0. The van der Waals surface area contributed by atoms with Crippen LogP contribution in [0, 0.1) is 5.41 Å². The Morgan fingerprint density at radius 3 is 2.89 bits per heavy atom. The average molecular weight is 271 g/mol. The Labute approximate surface area is 114 Å². The van der Waals surface area contributed by atoms with E-state index in [9.17, 15) is 9.90 Å². The van der Waals surface area contributed by atoms with E-state index in [-0.39, 0.29) is 0 Å². The summed E-state index contributed by atoms with van der Waals surface area (Å²) >= 11 is 2.05. The maximum absolute atomic E-state index is 11.6. The minimum Gasteiger partial charge on any atom is -0.481 e. The number of hydrogen-bond donors (Lipinski definition) is 1. The van der Waals surface area contributed by atoms with Gasteiger partial charge in [-0.25, -0.2) is 0 Å². The topological polar surface area (TPSA) is 40.5 Å². The van der Waals surface area contributed by atoms with Gasteiger partial charge in [-0.1, -0.05) is 13.8 Å². The zero-order valence-corrected chi connectivity index (χ0v) is 12.3. The van der Waals surface area contributed by atoms with Crippen molar-refractivity contribution in [3.05, 3.63) is 0 Å². The van der Waals surface area contributed by atoms with Gasteiger partial charge in [-0.15, -0.1) is 0 Å². The fraction of sp³-hybridized carbons (Fsp3) is 0.929. The third-order valence-corrected chi connectivity index (χ3v) is 6.14. The van der Waals surface area contributed by atoms with Gasteiger partial charge in [0.05, 0.1) is 5.41 Å². The van der Waals surface area contributed by atoms with E-state index in [2.05, 4.69) is 11.8 Å². The molecule has 0 aromatic carbocycles. The molecule has 2 saturated heterocycles. The molecular formula is C14H25NO2S. The van der Waals surface area contributed by atoms with Gasteiger partial charge in [-0.3, -0.25) is 9.69 Å². The Hall–Kier alpha value is -0.220. The first-order valence-corrected chi connectivity index (χ1v) is 8.23. The molecule has 0 aliphatic carbocycles. The van der Waals surface area contributed by atoms with Crippen molar-refractivity contribution in [2.75, 3.05) is 18.8 Å². The van der Waals surface area contributed by atoms with Gasteiger partial charge in [0.15, 0.2) is 0 Å². The number of aliphatic carboxylic acids is 1. The Bertz CT molecular complexity index is 310. The zero-order valence-electron chi connectivity index (χ0n) is 11.5. The molecule has 3 unspecified atom stereocenters. The fourth-order valence-corrected chi connectivity index (χ4v) is 4.69. The highest BCUT2D eigenvalue weighted by Gasteiger charge is 2.43. The van der Waals surface area contributed by atoms with Crippen molar-refractivity contribution in [1.29, 1.82) is 0 Å². The van der Waals surface area contributed by atoms with E-state index in [1.54, 1.807) is 0 Å². The predicted molar refractivity (Wildman–Crippen MR) is 76.1 cm³/mol. The first kappa shape index (κ1) is 14.2. The van der Waals surface area contributed by atoms with Crippen molar-refractivity contribution in [2.24, 2.45) is 5.41 Å². The minimum atomic E-state index is -0.592. The van der Waals surface area contributed by atoms with Crippen molar-refractivity contribution < 1.29 is 9.90 Å². The minimum absolute atomic E-state index is 0.486. The lowest BCUT2D eigenvalue weighted by Gasteiger charge is -2.46. The monoisotopic (exact) mass is 271 g/mol. The van der Waals surface area contributed by atoms with Gasteiger partial charge in [0, 0.05) is 17.8 Å². The summed E-state index contributed by atoms with van der Waals surface area (Å²) in [5.74, 6) is 0.675. The number of hydrogen-bond acceptors (Lipinski definition) is 3. The van der Waals surface area contributed by atoms with Crippen LogP contribution in [0.1, 0.15) is 46.0 Å². The SMILES string of the molecule is CCC1(C(=O)O)CCCN(C2CCCSC2C)C1. The van der Waals surface area contributed by atoms with Crippen LogP contribution in [0.5, 0.6) is 0 Å². The number of carboxylic acid groups (broad SMARTS) is 1. The third-order valence-electron chi connectivity index (χ3n) is 4.77. The van der Waals surface area contributed by atoms with Crippen molar-refractivity contribution >= 4 is 17.7 Å². The van der Waals surface area contributed by atoms with Gasteiger partial charge in [0.2, 0.25) is 0 Å². The van der Waals surface area contributed by atoms with E-state index in [4.69, 9.17) is 0 Å². The van der Waals surface area contributed by atoms with E-state index in [1.807, 2.05) is 18.7 Å². The van der Waals surface area contributed by atoms with Crippen molar-refractivity contribution in [3.63, 3.8) is 0 Å². The van der Waals surface area contributed by atoms with Crippen LogP contribution in [0.3, 0.4) is 0 Å². The molecule has 2 aliphatic rings. The molecule has 3 nitrogen and oxygen atoms in total. The molecule has 0 aromatic rings. The van der Waals surface area contributed by atoms with E-state index < -0.39 is 11.4 Å². The number of carbonyl (C=O) groups is 1. The summed E-state index contributed by atoms with van der Waals surface area (Å²) in [6.45, 7) is 6.17. The highest BCUT2D eigenvalue weighted by molar-refractivity contribution is 7.99. The van der Waals surface area contributed by atoms with Crippen LogP contribution in [0.25, 0.3) is 0 Å². The summed E-state index contributed by atoms with van der Waals surface area (Å²) in [5.41, 5.74) is -0.486. The van der Waals surface area contributed by atoms with Gasteiger partial charge < -0.3 is 5.11 Å². The van der Waals surface area contributed by atoms with Gasteiger partial charge >= 0.3 is 5.97 Å². The average Bonchev–Trinajstić information content (AvgIpc) is 2.39. The van der Waals surface area contributed by atoms with Gasteiger partial charge in [0.25, 0.3) is 0 Å². The van der Waals surface area contributed by atoms with Gasteiger partial charge in [-0.2, -0.15) is 11.8 Å². The predicted octanol–water partition coefficient (Wildman–Crippen LogP) is 2.85. The van der Waals surface area contributed by atoms with Crippen molar-refractivity contribution in [3.8, 4) is 0 Å². The highest BCUT2D eigenvalue weighted by Crippen LogP contribution is 2.38. The van der Waals surface area contributed by atoms with Crippen LogP contribution in [0.15, 0.2) is 0 Å². The lowest BCUT2D eigenvalue weighted by molar-refractivity contribution is -0.153. The standard InChI is InChI=1S/C14H25NO2S/c1-3-14(13(16)17)7-5-8-15(10-14)12-6-4-9-18-11(12)2/h11-12H,3-10H2,1-2H3,(H,16,17). The van der Waals surface area contributed by atoms with Gasteiger partial charge in [0.1, 0.15) is 0 Å². The van der Waals surface area contributed by atoms with Crippen LogP contribution in [-0.2, 0) is 4.79 Å². The number of rotatable bonds is 3. The number of carboxylic acids is 1. The largest absolute Gasteiger partial charge is 0.481 e. The lowest BCUT2D eigenvalue weighted by atomic mass is 9.77. The highest BCUT2D eigenvalue weighted by atomic mass is 32.2. The number of likely N-dealkylation sites (tertiary alicyclic amines) is 1. The molecule has 18 heavy (non-hydrogen) atoms. The lowest BCUT2D eigenvalue weighted by Crippen LogP contribution is -2.54. The van der Waals surface area contributed by atoms with Crippen LogP contribution < -0.4 is 0 Å². The Kier molecular flexibility index (Phi) is 4.59. The second-order valence-corrected chi connectivity index (χ2v) is 7.28. The molecule has 0 bridgehead atoms. The summed E-state index contributed by atoms with van der Waals surface area (Å²) in [5, 5.41) is 10.2. The van der Waals surface area contributed by atoms with Crippen molar-refractivity contribution in [1.82, 2.24) is 4.90 Å². The molecule has 0 aromatic heterocycles. The Balaban J connectivity index is 2.07. The fourth-order valence-electron chi connectivity index (χ4n) is 3.45. The molecule has 2 aliphatic heterocycles. The smallest absolute Gasteiger partial charge is 0.310 e. The molecule has 3 atom stereocenters. The molecule has 2 fully saturated rings. The first-order chi connectivity index (χ1) is 8.59. The molecule has 2 heterocycles. The van der Waals surface area contributed by atoms with Crippen molar-refractivity contribution in [2.45, 2.75) is 57.2 Å². The molecule has 0 amide bonds.